The van der Waals surface area contributed by atoms with E-state index in [1.165, 1.54) is 12.1 Å². The van der Waals surface area contributed by atoms with E-state index in [1.807, 2.05) is 0 Å². The van der Waals surface area contributed by atoms with Crippen LogP contribution in [-0.4, -0.2) is 13.0 Å². The third-order valence-corrected chi connectivity index (χ3v) is 3.00. The molecule has 0 fully saturated rings. The molecule has 0 atom stereocenters. The van der Waals surface area contributed by atoms with Crippen LogP contribution in [-0.2, 0) is 10.1 Å². The van der Waals surface area contributed by atoms with E-state index in [-0.39, 0.29) is 9.92 Å². The van der Waals surface area contributed by atoms with E-state index in [1.54, 1.807) is 6.07 Å². The van der Waals surface area contributed by atoms with Gasteiger partial charge >= 0.3 is 0 Å². The van der Waals surface area contributed by atoms with Crippen LogP contribution in [0.3, 0.4) is 0 Å². The van der Waals surface area contributed by atoms with Crippen molar-refractivity contribution < 1.29 is 13.0 Å². The largest absolute Gasteiger partial charge is 0.296 e. The predicted molar refractivity (Wildman–Crippen MR) is 49.0 cm³/mol. The van der Waals surface area contributed by atoms with Crippen LogP contribution in [0, 0.1) is 0 Å². The van der Waals surface area contributed by atoms with Gasteiger partial charge in [0.1, 0.15) is 4.90 Å². The molecule has 0 aliphatic rings. The summed E-state index contributed by atoms with van der Waals surface area (Å²) in [6, 6.07) is 4.20. The van der Waals surface area contributed by atoms with E-state index in [4.69, 9.17) is 16.2 Å². The van der Waals surface area contributed by atoms with E-state index < -0.39 is 10.1 Å². The smallest absolute Gasteiger partial charge is 0.282 e. The van der Waals surface area contributed by atoms with Crippen molar-refractivity contribution in [3.8, 4) is 0 Å². The maximum atomic E-state index is 10.7. The van der Waals surface area contributed by atoms with Crippen molar-refractivity contribution in [3.63, 3.8) is 0 Å². The van der Waals surface area contributed by atoms with Crippen LogP contribution in [0.25, 0.3) is 0 Å². The lowest BCUT2D eigenvalue weighted by atomic mass is 10.4. The zero-order valence-electron chi connectivity index (χ0n) is 5.66. The first-order chi connectivity index (χ1) is 5.41. The minimum Gasteiger partial charge on any atom is -0.282 e. The average molecular weight is 272 g/mol. The number of hydrogen-bond acceptors (Lipinski definition) is 2. The Morgan fingerprint density at radius 2 is 2.00 bits per heavy atom. The lowest BCUT2D eigenvalue weighted by molar-refractivity contribution is 0.483. The summed E-state index contributed by atoms with van der Waals surface area (Å²) in [5.74, 6) is 0. The molecule has 0 radical (unpaired) electrons. The normalized spacial score (nSPS) is 11.6. The molecule has 1 aromatic rings. The Morgan fingerprint density at radius 1 is 1.42 bits per heavy atom. The van der Waals surface area contributed by atoms with Crippen LogP contribution in [0.15, 0.2) is 27.6 Å². The van der Waals surface area contributed by atoms with Crippen molar-refractivity contribution in [1.82, 2.24) is 0 Å². The van der Waals surface area contributed by atoms with Crippen LogP contribution < -0.4 is 0 Å². The number of rotatable bonds is 1. The molecule has 12 heavy (non-hydrogen) atoms. The van der Waals surface area contributed by atoms with E-state index in [0.29, 0.717) is 4.47 Å². The lowest BCUT2D eigenvalue weighted by Gasteiger charge is -1.99. The Kier molecular flexibility index (Phi) is 2.77. The molecule has 1 aromatic carbocycles. The molecule has 6 heteroatoms. The molecule has 3 nitrogen and oxygen atoms in total. The minimum absolute atomic E-state index is 0.000648. The van der Waals surface area contributed by atoms with Crippen molar-refractivity contribution in [2.24, 2.45) is 0 Å². The van der Waals surface area contributed by atoms with Crippen molar-refractivity contribution in [1.29, 1.82) is 0 Å². The van der Waals surface area contributed by atoms with E-state index >= 15 is 0 Å². The molecule has 0 spiro atoms. The predicted octanol–water partition coefficient (Wildman–Crippen LogP) is 2.35. The fraction of sp³-hybridized carbons (Fsp3) is 0. The molecule has 66 valence electrons. The van der Waals surface area contributed by atoms with Gasteiger partial charge in [0.2, 0.25) is 0 Å². The topological polar surface area (TPSA) is 54.4 Å². The number of benzene rings is 1. The van der Waals surface area contributed by atoms with Gasteiger partial charge in [-0.1, -0.05) is 27.5 Å². The molecular formula is C6H4BrClO3S. The molecule has 0 aliphatic carbocycles. The minimum atomic E-state index is -4.22. The third-order valence-electron chi connectivity index (χ3n) is 1.17. The summed E-state index contributed by atoms with van der Waals surface area (Å²) in [5.41, 5.74) is 0. The quantitative estimate of drug-likeness (QED) is 0.798. The molecule has 0 amide bonds. The molecule has 1 rings (SSSR count). The summed E-state index contributed by atoms with van der Waals surface area (Å²) >= 11 is 8.58. The molecule has 0 unspecified atom stereocenters. The Labute approximate surface area is 83.2 Å². The van der Waals surface area contributed by atoms with E-state index in [2.05, 4.69) is 15.9 Å². The van der Waals surface area contributed by atoms with E-state index in [9.17, 15) is 8.42 Å². The highest BCUT2D eigenvalue weighted by Gasteiger charge is 2.13. The highest BCUT2D eigenvalue weighted by Crippen LogP contribution is 2.24. The molecule has 1 N–H and O–H groups in total. The van der Waals surface area contributed by atoms with Gasteiger partial charge in [-0.2, -0.15) is 8.42 Å². The van der Waals surface area contributed by atoms with Crippen molar-refractivity contribution in [2.45, 2.75) is 4.90 Å². The highest BCUT2D eigenvalue weighted by molar-refractivity contribution is 9.10. The molecule has 0 heterocycles. The lowest BCUT2D eigenvalue weighted by Crippen LogP contribution is -1.98. The summed E-state index contributed by atoms with van der Waals surface area (Å²) in [4.78, 5) is -0.293. The zero-order chi connectivity index (χ0) is 9.35. The van der Waals surface area contributed by atoms with Crippen molar-refractivity contribution in [3.05, 3.63) is 27.7 Å². The van der Waals surface area contributed by atoms with Gasteiger partial charge in [0.15, 0.2) is 0 Å². The van der Waals surface area contributed by atoms with Gasteiger partial charge < -0.3 is 0 Å². The van der Waals surface area contributed by atoms with Crippen molar-refractivity contribution >= 4 is 37.6 Å². The number of halogens is 2. The zero-order valence-corrected chi connectivity index (χ0v) is 8.82. The summed E-state index contributed by atoms with van der Waals surface area (Å²) in [5, 5.41) is 0.000648. The van der Waals surface area contributed by atoms with Crippen LogP contribution in [0.4, 0.5) is 0 Å². The Morgan fingerprint density at radius 3 is 2.42 bits per heavy atom. The first kappa shape index (κ1) is 9.98. The molecule has 0 saturated heterocycles. The fourth-order valence-corrected chi connectivity index (χ4v) is 2.19. The average Bonchev–Trinajstić information content (AvgIpc) is 1.92. The number of hydrogen-bond donors (Lipinski definition) is 1. The van der Waals surface area contributed by atoms with Gasteiger partial charge in [0, 0.05) is 4.47 Å². The van der Waals surface area contributed by atoms with Crippen LogP contribution in [0.5, 0.6) is 0 Å². The maximum absolute atomic E-state index is 10.7. The molecular weight excluding hydrogens is 267 g/mol. The monoisotopic (exact) mass is 270 g/mol. The summed E-state index contributed by atoms with van der Waals surface area (Å²) in [6.45, 7) is 0. The Hall–Kier alpha value is -0.100. The summed E-state index contributed by atoms with van der Waals surface area (Å²) in [6.07, 6.45) is 0. The second kappa shape index (κ2) is 3.33. The molecule has 0 aromatic heterocycles. The van der Waals surface area contributed by atoms with Gasteiger partial charge in [0.25, 0.3) is 10.1 Å². The SMILES string of the molecule is O=S(=O)(O)c1cc(Br)ccc1Cl. The summed E-state index contributed by atoms with van der Waals surface area (Å²) < 4.78 is 30.5. The Bertz CT molecular complexity index is 401. The van der Waals surface area contributed by atoms with Gasteiger partial charge in [-0.3, -0.25) is 4.55 Å². The fourth-order valence-electron chi connectivity index (χ4n) is 0.675. The van der Waals surface area contributed by atoms with Gasteiger partial charge in [-0.25, -0.2) is 0 Å². The third kappa shape index (κ3) is 2.20. The van der Waals surface area contributed by atoms with Gasteiger partial charge in [-0.15, -0.1) is 0 Å². The maximum Gasteiger partial charge on any atom is 0.296 e. The summed E-state index contributed by atoms with van der Waals surface area (Å²) in [7, 11) is -4.22. The second-order valence-electron chi connectivity index (χ2n) is 2.05. The first-order valence-electron chi connectivity index (χ1n) is 2.84. The van der Waals surface area contributed by atoms with Crippen LogP contribution in [0.2, 0.25) is 5.02 Å². The van der Waals surface area contributed by atoms with Crippen LogP contribution in [0.1, 0.15) is 0 Å². The van der Waals surface area contributed by atoms with Gasteiger partial charge in [0.05, 0.1) is 5.02 Å². The standard InChI is InChI=1S/C6H4BrClO3S/c7-4-1-2-5(8)6(3-4)12(9,10)11/h1-3H,(H,9,10,11). The van der Waals surface area contributed by atoms with E-state index in [0.717, 1.165) is 0 Å². The van der Waals surface area contributed by atoms with Crippen LogP contribution >= 0.6 is 27.5 Å². The molecule has 0 saturated carbocycles. The van der Waals surface area contributed by atoms with Gasteiger partial charge in [-0.05, 0) is 18.2 Å². The van der Waals surface area contributed by atoms with Crippen molar-refractivity contribution in [2.75, 3.05) is 0 Å². The first-order valence-corrected chi connectivity index (χ1v) is 5.45. The second-order valence-corrected chi connectivity index (χ2v) is 4.76. The highest BCUT2D eigenvalue weighted by atomic mass is 79.9. The molecule has 0 bridgehead atoms. The Balaban J connectivity index is 3.43. The molecule has 0 aliphatic heterocycles.